The summed E-state index contributed by atoms with van der Waals surface area (Å²) in [5, 5.41) is 6.38. The second kappa shape index (κ2) is 8.51. The van der Waals surface area contributed by atoms with E-state index in [0.717, 1.165) is 29.8 Å². The third-order valence-corrected chi connectivity index (χ3v) is 4.17. The SMILES string of the molecule is CCc1nc(CCN=C(N)Nc2ccccc2COC)cs1. The van der Waals surface area contributed by atoms with Crippen LogP contribution in [0, 0.1) is 0 Å². The van der Waals surface area contributed by atoms with Gasteiger partial charge in [0.15, 0.2) is 5.96 Å². The Labute approximate surface area is 135 Å². The van der Waals surface area contributed by atoms with Gasteiger partial charge in [-0.3, -0.25) is 4.99 Å². The van der Waals surface area contributed by atoms with E-state index in [1.54, 1.807) is 18.4 Å². The fraction of sp³-hybridized carbons (Fsp3) is 0.375. The first-order valence-corrected chi connectivity index (χ1v) is 8.18. The van der Waals surface area contributed by atoms with Crippen molar-refractivity contribution in [3.8, 4) is 0 Å². The molecule has 0 atom stereocenters. The molecule has 0 fully saturated rings. The number of aliphatic imine (C=N–C) groups is 1. The van der Waals surface area contributed by atoms with Crippen LogP contribution in [-0.2, 0) is 24.2 Å². The average Bonchev–Trinajstić information content (AvgIpc) is 2.97. The standard InChI is InChI=1S/C16H22N4OS/c1-3-15-19-13(11-22-15)8-9-18-16(17)20-14-7-5-4-6-12(14)10-21-2/h4-7,11H,3,8-10H2,1-2H3,(H3,17,18,20). The van der Waals surface area contributed by atoms with Crippen LogP contribution in [0.3, 0.4) is 0 Å². The molecule has 1 aromatic heterocycles. The molecule has 0 radical (unpaired) electrons. The number of ether oxygens (including phenoxy) is 1. The van der Waals surface area contributed by atoms with E-state index >= 15 is 0 Å². The lowest BCUT2D eigenvalue weighted by atomic mass is 10.2. The molecule has 0 saturated carbocycles. The van der Waals surface area contributed by atoms with E-state index in [2.05, 4.69) is 27.6 Å². The number of anilines is 1. The van der Waals surface area contributed by atoms with Crippen LogP contribution in [0.1, 0.15) is 23.2 Å². The highest BCUT2D eigenvalue weighted by atomic mass is 32.1. The monoisotopic (exact) mass is 318 g/mol. The molecular formula is C16H22N4OS. The summed E-state index contributed by atoms with van der Waals surface area (Å²) in [6.07, 6.45) is 1.78. The molecule has 0 amide bonds. The quantitative estimate of drug-likeness (QED) is 0.608. The van der Waals surface area contributed by atoms with Crippen molar-refractivity contribution in [2.75, 3.05) is 19.0 Å². The van der Waals surface area contributed by atoms with E-state index in [4.69, 9.17) is 10.5 Å². The summed E-state index contributed by atoms with van der Waals surface area (Å²) in [4.78, 5) is 8.88. The van der Waals surface area contributed by atoms with E-state index in [-0.39, 0.29) is 0 Å². The normalized spacial score (nSPS) is 11.6. The predicted octanol–water partition coefficient (Wildman–Crippen LogP) is 2.82. The van der Waals surface area contributed by atoms with Gasteiger partial charge in [-0.1, -0.05) is 25.1 Å². The predicted molar refractivity (Wildman–Crippen MR) is 92.5 cm³/mol. The van der Waals surface area contributed by atoms with Crippen LogP contribution in [0.5, 0.6) is 0 Å². The number of nitrogens with one attached hydrogen (secondary N) is 1. The number of para-hydroxylation sites is 1. The molecule has 0 aliphatic carbocycles. The minimum atomic E-state index is 0.412. The first-order chi connectivity index (χ1) is 10.7. The Morgan fingerprint density at radius 2 is 2.23 bits per heavy atom. The Hall–Kier alpha value is -1.92. The number of guanidine groups is 1. The van der Waals surface area contributed by atoms with Crippen LogP contribution in [-0.4, -0.2) is 24.6 Å². The largest absolute Gasteiger partial charge is 0.380 e. The number of benzene rings is 1. The summed E-state index contributed by atoms with van der Waals surface area (Å²) in [5.41, 5.74) is 9.00. The zero-order valence-electron chi connectivity index (χ0n) is 13.0. The average molecular weight is 318 g/mol. The minimum absolute atomic E-state index is 0.412. The lowest BCUT2D eigenvalue weighted by Crippen LogP contribution is -2.23. The molecule has 1 aromatic carbocycles. The van der Waals surface area contributed by atoms with Crippen LogP contribution in [0.25, 0.3) is 0 Å². The summed E-state index contributed by atoms with van der Waals surface area (Å²) >= 11 is 1.70. The highest BCUT2D eigenvalue weighted by molar-refractivity contribution is 7.09. The van der Waals surface area contributed by atoms with Gasteiger partial charge >= 0.3 is 0 Å². The van der Waals surface area contributed by atoms with Gasteiger partial charge in [0.05, 0.1) is 17.3 Å². The van der Waals surface area contributed by atoms with Gasteiger partial charge in [0.25, 0.3) is 0 Å². The Morgan fingerprint density at radius 1 is 1.41 bits per heavy atom. The van der Waals surface area contributed by atoms with Crippen molar-refractivity contribution >= 4 is 23.0 Å². The summed E-state index contributed by atoms with van der Waals surface area (Å²) in [7, 11) is 1.67. The number of nitrogens with two attached hydrogens (primary N) is 1. The van der Waals surface area contributed by atoms with Crippen molar-refractivity contribution in [2.24, 2.45) is 10.7 Å². The number of aromatic nitrogens is 1. The molecule has 0 unspecified atom stereocenters. The van der Waals surface area contributed by atoms with Gasteiger partial charge in [0.2, 0.25) is 0 Å². The molecule has 118 valence electrons. The van der Waals surface area contributed by atoms with E-state index in [9.17, 15) is 0 Å². The van der Waals surface area contributed by atoms with Gasteiger partial charge in [0.1, 0.15) is 0 Å². The van der Waals surface area contributed by atoms with Gasteiger partial charge in [-0.25, -0.2) is 4.98 Å². The number of aryl methyl sites for hydroxylation is 1. The lowest BCUT2D eigenvalue weighted by Gasteiger charge is -2.10. The van der Waals surface area contributed by atoms with Crippen molar-refractivity contribution in [3.63, 3.8) is 0 Å². The third kappa shape index (κ3) is 4.82. The van der Waals surface area contributed by atoms with Crippen molar-refractivity contribution in [3.05, 3.63) is 45.9 Å². The summed E-state index contributed by atoms with van der Waals surface area (Å²) < 4.78 is 5.17. The molecule has 22 heavy (non-hydrogen) atoms. The van der Waals surface area contributed by atoms with Gasteiger partial charge in [-0.15, -0.1) is 11.3 Å². The zero-order chi connectivity index (χ0) is 15.8. The molecule has 0 saturated heterocycles. The number of methoxy groups -OCH3 is 1. The fourth-order valence-electron chi connectivity index (χ4n) is 2.02. The van der Waals surface area contributed by atoms with Crippen LogP contribution in [0.15, 0.2) is 34.6 Å². The molecule has 0 bridgehead atoms. The number of hydrogen-bond donors (Lipinski definition) is 2. The molecule has 2 aromatic rings. The van der Waals surface area contributed by atoms with Crippen LogP contribution >= 0.6 is 11.3 Å². The van der Waals surface area contributed by atoms with Crippen LogP contribution in [0.2, 0.25) is 0 Å². The molecular weight excluding hydrogens is 296 g/mol. The number of hydrogen-bond acceptors (Lipinski definition) is 4. The molecule has 6 heteroatoms. The molecule has 1 heterocycles. The van der Waals surface area contributed by atoms with Crippen molar-refractivity contribution in [1.29, 1.82) is 0 Å². The molecule has 0 spiro atoms. The molecule has 5 nitrogen and oxygen atoms in total. The summed E-state index contributed by atoms with van der Waals surface area (Å²) in [6, 6.07) is 7.89. The first-order valence-electron chi connectivity index (χ1n) is 7.30. The maximum Gasteiger partial charge on any atom is 0.193 e. The molecule has 2 rings (SSSR count). The number of rotatable bonds is 7. The van der Waals surface area contributed by atoms with E-state index < -0.39 is 0 Å². The highest BCUT2D eigenvalue weighted by Crippen LogP contribution is 2.15. The summed E-state index contributed by atoms with van der Waals surface area (Å²) in [5.74, 6) is 0.412. The minimum Gasteiger partial charge on any atom is -0.380 e. The molecule has 3 N–H and O–H groups in total. The Balaban J connectivity index is 1.90. The topological polar surface area (TPSA) is 72.5 Å². The lowest BCUT2D eigenvalue weighted by molar-refractivity contribution is 0.185. The second-order valence-corrected chi connectivity index (χ2v) is 5.76. The van der Waals surface area contributed by atoms with E-state index in [1.165, 1.54) is 5.01 Å². The van der Waals surface area contributed by atoms with Gasteiger partial charge in [-0.05, 0) is 12.5 Å². The summed E-state index contributed by atoms with van der Waals surface area (Å²) in [6.45, 7) is 3.27. The van der Waals surface area contributed by atoms with Crippen LogP contribution in [0.4, 0.5) is 5.69 Å². The van der Waals surface area contributed by atoms with Crippen molar-refractivity contribution in [2.45, 2.75) is 26.4 Å². The zero-order valence-corrected chi connectivity index (χ0v) is 13.8. The van der Waals surface area contributed by atoms with Gasteiger partial charge < -0.3 is 15.8 Å². The first kappa shape index (κ1) is 16.5. The van der Waals surface area contributed by atoms with E-state index in [0.29, 0.717) is 19.1 Å². The third-order valence-electron chi connectivity index (χ3n) is 3.13. The Morgan fingerprint density at radius 3 is 2.95 bits per heavy atom. The maximum atomic E-state index is 5.95. The fourth-order valence-corrected chi connectivity index (χ4v) is 2.80. The molecule has 0 aliphatic rings. The van der Waals surface area contributed by atoms with Gasteiger partial charge in [0, 0.05) is 36.7 Å². The Bertz CT molecular complexity index is 624. The van der Waals surface area contributed by atoms with Crippen molar-refractivity contribution < 1.29 is 4.74 Å². The number of nitrogens with zero attached hydrogens (tertiary/aromatic N) is 2. The smallest absolute Gasteiger partial charge is 0.193 e. The highest BCUT2D eigenvalue weighted by Gasteiger charge is 2.03. The van der Waals surface area contributed by atoms with Gasteiger partial charge in [-0.2, -0.15) is 0 Å². The molecule has 0 aliphatic heterocycles. The Kier molecular flexibility index (Phi) is 6.36. The van der Waals surface area contributed by atoms with Crippen LogP contribution < -0.4 is 11.1 Å². The second-order valence-electron chi connectivity index (χ2n) is 4.82. The van der Waals surface area contributed by atoms with Crippen molar-refractivity contribution in [1.82, 2.24) is 4.98 Å². The van der Waals surface area contributed by atoms with E-state index in [1.807, 2.05) is 24.3 Å². The maximum absolute atomic E-state index is 5.95. The number of thiazole rings is 1.